The summed E-state index contributed by atoms with van der Waals surface area (Å²) in [5.74, 6) is 0.778. The molecule has 0 aliphatic carbocycles. The van der Waals surface area contributed by atoms with Crippen molar-refractivity contribution in [3.05, 3.63) is 72.2 Å². The summed E-state index contributed by atoms with van der Waals surface area (Å²) in [5.41, 5.74) is 4.52. The summed E-state index contributed by atoms with van der Waals surface area (Å²) in [7, 11) is 0. The number of fused-ring (bicyclic) bond motifs is 1. The predicted molar refractivity (Wildman–Crippen MR) is 119 cm³/mol. The topological polar surface area (TPSA) is 96.4 Å². The standard InChI is InChI=1S/C24H26N4O3/c1-16(29)28-20-6-8-22(27-13-20)17-5-9-24-18(11-17)4-7-21(31-24)14-26-15-23(30)19-3-2-10-25-12-19/h2-3,5-6,8-13,21,23,26,30H,4,7,14-15H2,1H3,(H,28,29)/t21-,23+/m1/s1. The molecule has 0 radical (unpaired) electrons. The fraction of sp³-hybridized carbons (Fsp3) is 0.292. The Morgan fingerprint density at radius 1 is 1.26 bits per heavy atom. The fourth-order valence-corrected chi connectivity index (χ4v) is 3.66. The number of ether oxygens (including phenoxy) is 1. The molecule has 3 aromatic rings. The molecule has 1 aromatic carbocycles. The van der Waals surface area contributed by atoms with E-state index < -0.39 is 6.10 Å². The first-order valence-corrected chi connectivity index (χ1v) is 10.4. The molecule has 4 rings (SSSR count). The average Bonchev–Trinajstić information content (AvgIpc) is 2.79. The summed E-state index contributed by atoms with van der Waals surface area (Å²) in [4.78, 5) is 19.6. The minimum atomic E-state index is -0.586. The van der Waals surface area contributed by atoms with E-state index in [9.17, 15) is 9.90 Å². The maximum absolute atomic E-state index is 11.1. The van der Waals surface area contributed by atoms with Crippen LogP contribution in [-0.4, -0.2) is 40.2 Å². The molecule has 2 aromatic heterocycles. The summed E-state index contributed by atoms with van der Waals surface area (Å²) in [6.07, 6.45) is 6.34. The first-order valence-electron chi connectivity index (χ1n) is 10.4. The van der Waals surface area contributed by atoms with Gasteiger partial charge in [-0.1, -0.05) is 6.07 Å². The Morgan fingerprint density at radius 2 is 2.16 bits per heavy atom. The molecule has 0 saturated carbocycles. The van der Waals surface area contributed by atoms with Crippen LogP contribution < -0.4 is 15.4 Å². The lowest BCUT2D eigenvalue weighted by atomic mass is 9.98. The number of pyridine rings is 2. The van der Waals surface area contributed by atoms with Crippen molar-refractivity contribution in [1.82, 2.24) is 15.3 Å². The number of carbonyl (C=O) groups excluding carboxylic acids is 1. The highest BCUT2D eigenvalue weighted by atomic mass is 16.5. The van der Waals surface area contributed by atoms with Crippen LogP contribution in [0.3, 0.4) is 0 Å². The Morgan fingerprint density at radius 3 is 2.90 bits per heavy atom. The Kier molecular flexibility index (Phi) is 6.54. The van der Waals surface area contributed by atoms with E-state index in [2.05, 4.69) is 26.7 Å². The van der Waals surface area contributed by atoms with Gasteiger partial charge in [-0.3, -0.25) is 14.8 Å². The maximum atomic E-state index is 11.1. The molecule has 1 amide bonds. The zero-order chi connectivity index (χ0) is 21.6. The molecule has 1 aliphatic rings. The predicted octanol–water partition coefficient (Wildman–Crippen LogP) is 3.12. The van der Waals surface area contributed by atoms with Crippen LogP contribution in [0.2, 0.25) is 0 Å². The number of hydrogen-bond donors (Lipinski definition) is 3. The highest BCUT2D eigenvalue weighted by molar-refractivity contribution is 5.88. The van der Waals surface area contributed by atoms with Crippen LogP contribution in [0, 0.1) is 0 Å². The van der Waals surface area contributed by atoms with Crippen LogP contribution >= 0.6 is 0 Å². The Labute approximate surface area is 181 Å². The molecule has 3 heterocycles. The highest BCUT2D eigenvalue weighted by Gasteiger charge is 2.20. The van der Waals surface area contributed by atoms with Gasteiger partial charge in [-0.2, -0.15) is 0 Å². The quantitative estimate of drug-likeness (QED) is 0.546. The second-order valence-corrected chi connectivity index (χ2v) is 7.67. The molecule has 0 saturated heterocycles. The van der Waals surface area contributed by atoms with Crippen molar-refractivity contribution in [2.75, 3.05) is 18.4 Å². The number of rotatable bonds is 7. The average molecular weight is 418 g/mol. The van der Waals surface area contributed by atoms with Gasteiger partial charge in [-0.15, -0.1) is 0 Å². The Hall–Kier alpha value is -3.29. The molecular weight excluding hydrogens is 392 g/mol. The first kappa shape index (κ1) is 21.0. The number of aliphatic hydroxyl groups excluding tert-OH is 1. The van der Waals surface area contributed by atoms with Crippen LogP contribution in [-0.2, 0) is 11.2 Å². The molecule has 2 atom stereocenters. The van der Waals surface area contributed by atoms with Crippen LogP contribution in [0.1, 0.15) is 30.6 Å². The third-order valence-electron chi connectivity index (χ3n) is 5.25. The monoisotopic (exact) mass is 418 g/mol. The van der Waals surface area contributed by atoms with Crippen molar-refractivity contribution in [2.24, 2.45) is 0 Å². The van der Waals surface area contributed by atoms with Gasteiger partial charge < -0.3 is 20.5 Å². The van der Waals surface area contributed by atoms with Crippen LogP contribution in [0.15, 0.2) is 61.1 Å². The number of aryl methyl sites for hydroxylation is 1. The molecule has 3 N–H and O–H groups in total. The summed E-state index contributed by atoms with van der Waals surface area (Å²) in [6.45, 7) is 2.60. The number of aliphatic hydroxyl groups is 1. The molecule has 0 bridgehead atoms. The number of anilines is 1. The van der Waals surface area contributed by atoms with Gasteiger partial charge in [0.2, 0.25) is 5.91 Å². The fourth-order valence-electron chi connectivity index (χ4n) is 3.66. The zero-order valence-electron chi connectivity index (χ0n) is 17.4. The number of nitrogens with one attached hydrogen (secondary N) is 2. The van der Waals surface area contributed by atoms with E-state index in [1.54, 1.807) is 18.6 Å². The van der Waals surface area contributed by atoms with Crippen molar-refractivity contribution in [1.29, 1.82) is 0 Å². The van der Waals surface area contributed by atoms with E-state index in [-0.39, 0.29) is 12.0 Å². The number of nitrogens with zero attached hydrogens (tertiary/aromatic N) is 2. The van der Waals surface area contributed by atoms with E-state index in [4.69, 9.17) is 4.74 Å². The molecule has 1 aliphatic heterocycles. The molecule has 0 unspecified atom stereocenters. The van der Waals surface area contributed by atoms with Gasteiger partial charge >= 0.3 is 0 Å². The summed E-state index contributed by atoms with van der Waals surface area (Å²) >= 11 is 0. The van der Waals surface area contributed by atoms with Crippen molar-refractivity contribution in [2.45, 2.75) is 32.0 Å². The highest BCUT2D eigenvalue weighted by Crippen LogP contribution is 2.31. The number of amides is 1. The molecule has 0 spiro atoms. The molecule has 7 nitrogen and oxygen atoms in total. The molecule has 160 valence electrons. The minimum absolute atomic E-state index is 0.0644. The number of hydrogen-bond acceptors (Lipinski definition) is 6. The van der Waals surface area contributed by atoms with E-state index in [1.807, 2.05) is 36.4 Å². The lowest BCUT2D eigenvalue weighted by Crippen LogP contribution is -2.36. The Bertz CT molecular complexity index is 1020. The van der Waals surface area contributed by atoms with Crippen molar-refractivity contribution < 1.29 is 14.6 Å². The van der Waals surface area contributed by atoms with Gasteiger partial charge in [0.15, 0.2) is 0 Å². The van der Waals surface area contributed by atoms with Crippen molar-refractivity contribution in [3.8, 4) is 17.0 Å². The summed E-state index contributed by atoms with van der Waals surface area (Å²) in [5, 5.41) is 16.3. The van der Waals surface area contributed by atoms with E-state index in [0.717, 1.165) is 41.0 Å². The number of benzene rings is 1. The van der Waals surface area contributed by atoms with Gasteiger partial charge in [0, 0.05) is 43.5 Å². The van der Waals surface area contributed by atoms with Crippen molar-refractivity contribution >= 4 is 11.6 Å². The second-order valence-electron chi connectivity index (χ2n) is 7.67. The van der Waals surface area contributed by atoms with Crippen molar-refractivity contribution in [3.63, 3.8) is 0 Å². The molecule has 0 fully saturated rings. The van der Waals surface area contributed by atoms with Crippen LogP contribution in [0.5, 0.6) is 5.75 Å². The van der Waals surface area contributed by atoms with Gasteiger partial charge in [-0.05, 0) is 54.8 Å². The third kappa shape index (κ3) is 5.45. The molecular formula is C24H26N4O3. The molecule has 31 heavy (non-hydrogen) atoms. The van der Waals surface area contributed by atoms with Gasteiger partial charge in [0.05, 0.1) is 23.7 Å². The zero-order valence-corrected chi connectivity index (χ0v) is 17.4. The van der Waals surface area contributed by atoms with Gasteiger partial charge in [0.1, 0.15) is 11.9 Å². The summed E-state index contributed by atoms with van der Waals surface area (Å²) in [6, 6.07) is 13.5. The lowest BCUT2D eigenvalue weighted by molar-refractivity contribution is -0.114. The number of aromatic nitrogens is 2. The van der Waals surface area contributed by atoms with Crippen LogP contribution in [0.25, 0.3) is 11.3 Å². The first-order chi connectivity index (χ1) is 15.1. The smallest absolute Gasteiger partial charge is 0.221 e. The SMILES string of the molecule is CC(=O)Nc1ccc(-c2ccc3c(c2)CC[C@H](CNC[C@H](O)c2cccnc2)O3)nc1. The van der Waals surface area contributed by atoms with E-state index in [1.165, 1.54) is 6.92 Å². The Balaban J connectivity index is 1.32. The van der Waals surface area contributed by atoms with Gasteiger partial charge in [-0.25, -0.2) is 0 Å². The minimum Gasteiger partial charge on any atom is -0.489 e. The maximum Gasteiger partial charge on any atom is 0.221 e. The molecule has 7 heteroatoms. The third-order valence-corrected chi connectivity index (χ3v) is 5.25. The largest absolute Gasteiger partial charge is 0.489 e. The van der Waals surface area contributed by atoms with E-state index in [0.29, 0.717) is 18.8 Å². The normalized spacial score (nSPS) is 16.1. The van der Waals surface area contributed by atoms with Crippen LogP contribution in [0.4, 0.5) is 5.69 Å². The van der Waals surface area contributed by atoms with E-state index >= 15 is 0 Å². The number of carbonyl (C=O) groups is 1. The second kappa shape index (κ2) is 9.68. The lowest BCUT2D eigenvalue weighted by Gasteiger charge is -2.27. The summed E-state index contributed by atoms with van der Waals surface area (Å²) < 4.78 is 6.15. The van der Waals surface area contributed by atoms with Gasteiger partial charge in [0.25, 0.3) is 0 Å².